The fourth-order valence-electron chi connectivity index (χ4n) is 2.07. The van der Waals surface area contributed by atoms with Crippen molar-refractivity contribution in [3.63, 3.8) is 0 Å². The van der Waals surface area contributed by atoms with Gasteiger partial charge in [-0.25, -0.2) is 14.2 Å². The number of rotatable bonds is 3. The molecule has 0 spiro atoms. The van der Waals surface area contributed by atoms with E-state index in [0.29, 0.717) is 11.8 Å². The van der Waals surface area contributed by atoms with E-state index in [-0.39, 0.29) is 0 Å². The number of hydrogen-bond donors (Lipinski definition) is 1. The fourth-order valence-corrected chi connectivity index (χ4v) is 2.07. The summed E-state index contributed by atoms with van der Waals surface area (Å²) >= 11 is 0. The number of halogens is 1. The molecule has 1 heterocycles. The molecule has 0 bridgehead atoms. The normalized spacial score (nSPS) is 19.8. The highest BCUT2D eigenvalue weighted by Gasteiger charge is 2.35. The van der Waals surface area contributed by atoms with E-state index in [2.05, 4.69) is 4.98 Å². The maximum absolute atomic E-state index is 13.5. The van der Waals surface area contributed by atoms with Crippen LogP contribution in [0, 0.1) is 5.82 Å². The Morgan fingerprint density at radius 2 is 1.94 bits per heavy atom. The van der Waals surface area contributed by atoms with E-state index in [1.165, 1.54) is 6.07 Å². The first-order chi connectivity index (χ1) is 7.66. The Kier molecular flexibility index (Phi) is 1.99. The van der Waals surface area contributed by atoms with E-state index in [0.717, 1.165) is 36.9 Å². The number of pyridine rings is 1. The summed E-state index contributed by atoms with van der Waals surface area (Å²) in [4.78, 5) is 14.8. The monoisotopic (exact) mass is 221 g/mol. The lowest BCUT2D eigenvalue weighted by molar-refractivity contribution is 0.0684. The SMILES string of the molecule is O=C(O)c1nc(C2CC2)c(C2CC2)cc1F. The quantitative estimate of drug-likeness (QED) is 0.853. The van der Waals surface area contributed by atoms with Crippen molar-refractivity contribution in [1.29, 1.82) is 0 Å². The van der Waals surface area contributed by atoms with Gasteiger partial charge in [0.1, 0.15) is 0 Å². The van der Waals surface area contributed by atoms with E-state index in [1.54, 1.807) is 0 Å². The van der Waals surface area contributed by atoms with Crippen LogP contribution in [-0.2, 0) is 0 Å². The van der Waals surface area contributed by atoms with Crippen LogP contribution in [-0.4, -0.2) is 16.1 Å². The molecule has 0 saturated heterocycles. The molecule has 1 aromatic heterocycles. The summed E-state index contributed by atoms with van der Waals surface area (Å²) in [6.45, 7) is 0. The van der Waals surface area contributed by atoms with Crippen molar-refractivity contribution in [3.05, 3.63) is 28.8 Å². The summed E-state index contributed by atoms with van der Waals surface area (Å²) in [7, 11) is 0. The molecule has 2 fully saturated rings. The maximum atomic E-state index is 13.5. The molecule has 0 atom stereocenters. The van der Waals surface area contributed by atoms with Crippen LogP contribution >= 0.6 is 0 Å². The number of carboxylic acid groups (broad SMARTS) is 1. The van der Waals surface area contributed by atoms with Crippen LogP contribution in [0.5, 0.6) is 0 Å². The predicted molar refractivity (Wildman–Crippen MR) is 55.1 cm³/mol. The summed E-state index contributed by atoms with van der Waals surface area (Å²) in [5.74, 6) is -1.18. The molecule has 0 aromatic carbocycles. The van der Waals surface area contributed by atoms with Gasteiger partial charge in [0.05, 0.1) is 0 Å². The summed E-state index contributed by atoms with van der Waals surface area (Å²) in [6, 6.07) is 1.39. The van der Waals surface area contributed by atoms with Gasteiger partial charge < -0.3 is 5.11 Å². The van der Waals surface area contributed by atoms with Crippen LogP contribution in [0.4, 0.5) is 4.39 Å². The summed E-state index contributed by atoms with van der Waals surface area (Å²) in [5, 5.41) is 8.83. The Hall–Kier alpha value is -1.45. The molecular weight excluding hydrogens is 209 g/mol. The first-order valence-electron chi connectivity index (χ1n) is 5.60. The molecule has 2 aliphatic rings. The zero-order valence-electron chi connectivity index (χ0n) is 8.74. The lowest BCUT2D eigenvalue weighted by Gasteiger charge is -2.08. The third kappa shape index (κ3) is 1.58. The lowest BCUT2D eigenvalue weighted by atomic mass is 10.0. The van der Waals surface area contributed by atoms with Crippen molar-refractivity contribution in [2.45, 2.75) is 37.5 Å². The van der Waals surface area contributed by atoms with Gasteiger partial charge in [-0.15, -0.1) is 0 Å². The molecule has 1 N–H and O–H groups in total. The molecule has 2 aliphatic carbocycles. The van der Waals surface area contributed by atoms with E-state index in [9.17, 15) is 9.18 Å². The van der Waals surface area contributed by atoms with E-state index >= 15 is 0 Å². The average Bonchev–Trinajstić information content (AvgIpc) is 3.10. The van der Waals surface area contributed by atoms with Crippen molar-refractivity contribution in [2.24, 2.45) is 0 Å². The van der Waals surface area contributed by atoms with Crippen molar-refractivity contribution < 1.29 is 14.3 Å². The van der Waals surface area contributed by atoms with Crippen LogP contribution in [0.1, 0.15) is 59.3 Å². The summed E-state index contributed by atoms with van der Waals surface area (Å²) in [5.41, 5.74) is 1.36. The van der Waals surface area contributed by atoms with Gasteiger partial charge in [0.25, 0.3) is 0 Å². The van der Waals surface area contributed by atoms with Gasteiger partial charge in [-0.2, -0.15) is 0 Å². The molecular formula is C12H12FNO2. The molecule has 4 heteroatoms. The summed E-state index contributed by atoms with van der Waals surface area (Å²) in [6.07, 6.45) is 4.26. The van der Waals surface area contributed by atoms with Gasteiger partial charge in [0.2, 0.25) is 0 Å². The standard InChI is InChI=1S/C12H12FNO2/c13-9-5-8(6-1-2-6)10(7-3-4-7)14-11(9)12(15)16/h5-7H,1-4H2,(H,15,16). The topological polar surface area (TPSA) is 50.2 Å². The number of aromatic carboxylic acids is 1. The second kappa shape index (κ2) is 3.27. The molecule has 16 heavy (non-hydrogen) atoms. The van der Waals surface area contributed by atoms with Gasteiger partial charge in [-0.3, -0.25) is 0 Å². The minimum Gasteiger partial charge on any atom is -0.476 e. The Bertz CT molecular complexity index is 464. The van der Waals surface area contributed by atoms with Gasteiger partial charge in [-0.05, 0) is 43.2 Å². The second-order valence-corrected chi connectivity index (χ2v) is 4.65. The largest absolute Gasteiger partial charge is 0.476 e. The summed E-state index contributed by atoms with van der Waals surface area (Å²) < 4.78 is 13.5. The Balaban J connectivity index is 2.10. The lowest BCUT2D eigenvalue weighted by Crippen LogP contribution is -2.08. The van der Waals surface area contributed by atoms with Crippen LogP contribution < -0.4 is 0 Å². The molecule has 0 aliphatic heterocycles. The van der Waals surface area contributed by atoms with Crippen LogP contribution in [0.3, 0.4) is 0 Å². The van der Waals surface area contributed by atoms with Crippen molar-refractivity contribution in [2.75, 3.05) is 0 Å². The Morgan fingerprint density at radius 3 is 2.44 bits per heavy atom. The molecule has 2 saturated carbocycles. The van der Waals surface area contributed by atoms with Crippen molar-refractivity contribution >= 4 is 5.97 Å². The van der Waals surface area contributed by atoms with Gasteiger partial charge >= 0.3 is 5.97 Å². The first-order valence-corrected chi connectivity index (χ1v) is 5.60. The number of carboxylic acids is 1. The number of carbonyl (C=O) groups is 1. The molecule has 0 radical (unpaired) electrons. The molecule has 3 nitrogen and oxygen atoms in total. The smallest absolute Gasteiger partial charge is 0.357 e. The zero-order chi connectivity index (χ0) is 11.3. The average molecular weight is 221 g/mol. The second-order valence-electron chi connectivity index (χ2n) is 4.65. The molecule has 3 rings (SSSR count). The molecule has 0 unspecified atom stereocenters. The zero-order valence-corrected chi connectivity index (χ0v) is 8.74. The van der Waals surface area contributed by atoms with Crippen LogP contribution in [0.15, 0.2) is 6.07 Å². The molecule has 84 valence electrons. The van der Waals surface area contributed by atoms with E-state index < -0.39 is 17.5 Å². The third-order valence-electron chi connectivity index (χ3n) is 3.22. The van der Waals surface area contributed by atoms with Crippen molar-refractivity contribution in [3.8, 4) is 0 Å². The fraction of sp³-hybridized carbons (Fsp3) is 0.500. The van der Waals surface area contributed by atoms with Crippen LogP contribution in [0.25, 0.3) is 0 Å². The maximum Gasteiger partial charge on any atom is 0.357 e. The first kappa shape index (κ1) is 9.75. The number of hydrogen-bond acceptors (Lipinski definition) is 2. The van der Waals surface area contributed by atoms with Gasteiger partial charge in [-0.1, -0.05) is 0 Å². The number of nitrogens with zero attached hydrogens (tertiary/aromatic N) is 1. The number of aromatic nitrogens is 1. The Labute approximate surface area is 92.3 Å². The molecule has 0 amide bonds. The minimum absolute atomic E-state index is 0.370. The van der Waals surface area contributed by atoms with E-state index in [4.69, 9.17) is 5.11 Å². The third-order valence-corrected chi connectivity index (χ3v) is 3.22. The highest BCUT2D eigenvalue weighted by Crippen LogP contribution is 2.48. The minimum atomic E-state index is -1.28. The highest BCUT2D eigenvalue weighted by atomic mass is 19.1. The van der Waals surface area contributed by atoms with Crippen LogP contribution in [0.2, 0.25) is 0 Å². The van der Waals surface area contributed by atoms with Gasteiger partial charge in [0, 0.05) is 11.6 Å². The predicted octanol–water partition coefficient (Wildman–Crippen LogP) is 2.67. The Morgan fingerprint density at radius 1 is 1.31 bits per heavy atom. The van der Waals surface area contributed by atoms with Crippen molar-refractivity contribution in [1.82, 2.24) is 4.98 Å². The highest BCUT2D eigenvalue weighted by molar-refractivity contribution is 5.85. The molecule has 1 aromatic rings. The van der Waals surface area contributed by atoms with E-state index in [1.807, 2.05) is 0 Å². The van der Waals surface area contributed by atoms with Gasteiger partial charge in [0.15, 0.2) is 11.5 Å².